The van der Waals surface area contributed by atoms with Crippen LogP contribution in [0.2, 0.25) is 0 Å². The lowest BCUT2D eigenvalue weighted by Crippen LogP contribution is -2.32. The molecule has 1 atom stereocenters. The maximum absolute atomic E-state index is 15.0. The molecule has 1 heterocycles. The van der Waals surface area contributed by atoms with E-state index >= 15 is 0 Å². The Morgan fingerprint density at radius 3 is 2.10 bits per heavy atom. The molecular formula is C33H28FN3O3. The van der Waals surface area contributed by atoms with E-state index in [1.54, 1.807) is 12.1 Å². The molecule has 0 aliphatic rings. The molecule has 0 amide bonds. The average Bonchev–Trinajstić information content (AvgIpc) is 2.98. The van der Waals surface area contributed by atoms with E-state index in [4.69, 9.17) is 9.72 Å². The Morgan fingerprint density at radius 2 is 1.48 bits per heavy atom. The Morgan fingerprint density at radius 1 is 0.850 bits per heavy atom. The largest absolute Gasteiger partial charge is 0.486 e. The highest BCUT2D eigenvalue weighted by Crippen LogP contribution is 2.27. The van der Waals surface area contributed by atoms with Crippen molar-refractivity contribution in [1.29, 1.82) is 0 Å². The second-order valence-corrected chi connectivity index (χ2v) is 9.36. The monoisotopic (exact) mass is 533 g/mol. The molecule has 5 aromatic rings. The summed E-state index contributed by atoms with van der Waals surface area (Å²) >= 11 is 0. The van der Waals surface area contributed by atoms with E-state index in [-0.39, 0.29) is 18.8 Å². The van der Waals surface area contributed by atoms with Crippen molar-refractivity contribution in [2.24, 2.45) is 0 Å². The molecule has 2 N–H and O–H groups in total. The van der Waals surface area contributed by atoms with Gasteiger partial charge in [0.05, 0.1) is 17.6 Å². The molecule has 0 unspecified atom stereocenters. The van der Waals surface area contributed by atoms with Crippen LogP contribution < -0.4 is 10.1 Å². The number of hydrogen-bond acceptors (Lipinski definition) is 5. The summed E-state index contributed by atoms with van der Waals surface area (Å²) in [4.78, 5) is 21.5. The fraction of sp³-hybridized carbons (Fsp3) is 0.121. The van der Waals surface area contributed by atoms with Crippen LogP contribution >= 0.6 is 0 Å². The number of nitrogens with zero attached hydrogens (tertiary/aromatic N) is 2. The lowest BCUT2D eigenvalue weighted by molar-refractivity contribution is -0.137. The van der Waals surface area contributed by atoms with E-state index in [2.05, 4.69) is 10.3 Å². The highest BCUT2D eigenvalue weighted by molar-refractivity contribution is 5.77. The predicted octanol–water partition coefficient (Wildman–Crippen LogP) is 6.56. The van der Waals surface area contributed by atoms with Crippen LogP contribution in [0.25, 0.3) is 11.3 Å². The lowest BCUT2D eigenvalue weighted by atomic mass is 10.1. The quantitative estimate of drug-likeness (QED) is 0.200. The van der Waals surface area contributed by atoms with Gasteiger partial charge in [0.15, 0.2) is 11.6 Å². The van der Waals surface area contributed by atoms with Crippen molar-refractivity contribution in [2.75, 3.05) is 5.32 Å². The van der Waals surface area contributed by atoms with Gasteiger partial charge in [-0.15, -0.1) is 0 Å². The molecule has 200 valence electrons. The van der Waals surface area contributed by atoms with Gasteiger partial charge in [0, 0.05) is 18.4 Å². The predicted molar refractivity (Wildman–Crippen MR) is 153 cm³/mol. The summed E-state index contributed by atoms with van der Waals surface area (Å²) < 4.78 is 20.7. The minimum Gasteiger partial charge on any atom is -0.486 e. The van der Waals surface area contributed by atoms with Crippen molar-refractivity contribution >= 4 is 11.8 Å². The number of ether oxygens (including phenoxy) is 1. The normalized spacial score (nSPS) is 11.5. The van der Waals surface area contributed by atoms with Gasteiger partial charge >= 0.3 is 5.97 Å². The Hall–Kier alpha value is -5.04. The number of carboxylic acids is 1. The van der Waals surface area contributed by atoms with E-state index in [9.17, 15) is 14.3 Å². The number of aromatic nitrogens is 2. The first-order valence-corrected chi connectivity index (χ1v) is 12.9. The zero-order chi connectivity index (χ0) is 27.7. The third kappa shape index (κ3) is 6.88. The molecule has 0 bridgehead atoms. The van der Waals surface area contributed by atoms with Gasteiger partial charge in [-0.1, -0.05) is 91.0 Å². The maximum atomic E-state index is 15.0. The zero-order valence-corrected chi connectivity index (χ0v) is 21.7. The van der Waals surface area contributed by atoms with E-state index in [1.807, 2.05) is 91.0 Å². The molecule has 6 nitrogen and oxygen atoms in total. The van der Waals surface area contributed by atoms with Crippen molar-refractivity contribution in [1.82, 2.24) is 9.97 Å². The average molecular weight is 534 g/mol. The first kappa shape index (κ1) is 26.6. The summed E-state index contributed by atoms with van der Waals surface area (Å²) in [7, 11) is 0. The van der Waals surface area contributed by atoms with Crippen LogP contribution in [-0.2, 0) is 24.2 Å². The topological polar surface area (TPSA) is 84.3 Å². The molecule has 0 spiro atoms. The first-order chi connectivity index (χ1) is 19.5. The molecule has 0 saturated carbocycles. The number of halogens is 1. The lowest BCUT2D eigenvalue weighted by Gasteiger charge is -2.18. The van der Waals surface area contributed by atoms with Gasteiger partial charge in [0.25, 0.3) is 0 Å². The SMILES string of the molecule is O=C(O)[C@H](Cc1ccccc1)Nc1ncc(-c2ccc(OCc3ccccc3)c(F)c2)nc1Cc1ccccc1. The van der Waals surface area contributed by atoms with Gasteiger partial charge < -0.3 is 15.2 Å². The van der Waals surface area contributed by atoms with Crippen molar-refractivity contribution < 1.29 is 19.0 Å². The molecule has 0 saturated heterocycles. The molecule has 5 rings (SSSR count). The molecule has 7 heteroatoms. The van der Waals surface area contributed by atoms with Gasteiger partial charge in [-0.3, -0.25) is 0 Å². The molecule has 0 aliphatic carbocycles. The number of hydrogen-bond donors (Lipinski definition) is 2. The highest BCUT2D eigenvalue weighted by Gasteiger charge is 2.21. The first-order valence-electron chi connectivity index (χ1n) is 12.9. The summed E-state index contributed by atoms with van der Waals surface area (Å²) in [6.07, 6.45) is 2.22. The molecule has 1 aromatic heterocycles. The zero-order valence-electron chi connectivity index (χ0n) is 21.7. The minimum absolute atomic E-state index is 0.147. The van der Waals surface area contributed by atoms with Crippen LogP contribution in [0.4, 0.5) is 10.2 Å². The van der Waals surface area contributed by atoms with Crippen molar-refractivity contribution in [2.45, 2.75) is 25.5 Å². The number of carboxylic acid groups (broad SMARTS) is 1. The summed E-state index contributed by atoms with van der Waals surface area (Å²) in [5.74, 6) is -0.975. The van der Waals surface area contributed by atoms with Crippen molar-refractivity contribution in [3.63, 3.8) is 0 Å². The van der Waals surface area contributed by atoms with Gasteiger partial charge in [0.2, 0.25) is 0 Å². The number of aliphatic carboxylic acids is 1. The van der Waals surface area contributed by atoms with Gasteiger partial charge in [-0.2, -0.15) is 0 Å². The van der Waals surface area contributed by atoms with Crippen LogP contribution in [0.1, 0.15) is 22.4 Å². The highest BCUT2D eigenvalue weighted by atomic mass is 19.1. The van der Waals surface area contributed by atoms with Crippen LogP contribution in [0.3, 0.4) is 0 Å². The molecule has 40 heavy (non-hydrogen) atoms. The third-order valence-electron chi connectivity index (χ3n) is 6.42. The Bertz CT molecular complexity index is 1560. The van der Waals surface area contributed by atoms with E-state index in [1.165, 1.54) is 12.3 Å². The summed E-state index contributed by atoms with van der Waals surface area (Å²) in [6.45, 7) is 0.256. The fourth-order valence-electron chi connectivity index (χ4n) is 4.33. The smallest absolute Gasteiger partial charge is 0.326 e. The molecule has 4 aromatic carbocycles. The van der Waals surface area contributed by atoms with Crippen LogP contribution in [0, 0.1) is 5.82 Å². The number of anilines is 1. The number of nitrogens with one attached hydrogen (secondary N) is 1. The summed E-state index contributed by atoms with van der Waals surface area (Å²) in [5, 5.41) is 13.0. The fourth-order valence-corrected chi connectivity index (χ4v) is 4.33. The van der Waals surface area contributed by atoms with E-state index < -0.39 is 17.8 Å². The number of carbonyl (C=O) groups is 1. The summed E-state index contributed by atoms with van der Waals surface area (Å²) in [5.41, 5.74) is 4.39. The Balaban J connectivity index is 1.41. The van der Waals surface area contributed by atoms with Gasteiger partial charge in [-0.25, -0.2) is 19.2 Å². The van der Waals surface area contributed by atoms with E-state index in [0.29, 0.717) is 29.2 Å². The standard InChI is InChI=1S/C33H28FN3O3/c34-27-20-26(16-17-31(27)40-22-25-14-8-3-9-15-25)30-21-35-32(28(36-30)18-23-10-4-1-5-11-23)37-29(33(38)39)19-24-12-6-2-7-13-24/h1-17,20-21,29H,18-19,22H2,(H,35,37)(H,38,39)/t29-/m0/s1. The number of rotatable bonds is 11. The van der Waals surface area contributed by atoms with Crippen LogP contribution in [0.5, 0.6) is 5.75 Å². The maximum Gasteiger partial charge on any atom is 0.326 e. The second kappa shape index (κ2) is 12.7. The molecule has 0 radical (unpaired) electrons. The Kier molecular flexibility index (Phi) is 8.41. The van der Waals surface area contributed by atoms with E-state index in [0.717, 1.165) is 16.7 Å². The second-order valence-electron chi connectivity index (χ2n) is 9.36. The van der Waals surface area contributed by atoms with Crippen LogP contribution in [-0.4, -0.2) is 27.1 Å². The van der Waals surface area contributed by atoms with Gasteiger partial charge in [0.1, 0.15) is 18.5 Å². The summed E-state index contributed by atoms with van der Waals surface area (Å²) in [6, 6.07) is 32.5. The molecule has 0 fully saturated rings. The van der Waals surface area contributed by atoms with Crippen LogP contribution in [0.15, 0.2) is 115 Å². The molecule has 0 aliphatic heterocycles. The minimum atomic E-state index is -0.992. The third-order valence-corrected chi connectivity index (χ3v) is 6.42. The van der Waals surface area contributed by atoms with Crippen molar-refractivity contribution in [3.8, 4) is 17.0 Å². The van der Waals surface area contributed by atoms with Gasteiger partial charge in [-0.05, 0) is 34.9 Å². The number of benzene rings is 4. The molecular weight excluding hydrogens is 505 g/mol. The van der Waals surface area contributed by atoms with Crippen molar-refractivity contribution in [3.05, 3.63) is 144 Å². The Labute approximate surface area is 232 Å².